The Kier molecular flexibility index (Phi) is 11.5. The van der Waals surface area contributed by atoms with E-state index in [1.807, 2.05) is 91.0 Å². The Morgan fingerprint density at radius 2 is 0.951 bits per heavy atom. The third-order valence-corrected chi connectivity index (χ3v) is 7.30. The van der Waals surface area contributed by atoms with Gasteiger partial charge in [-0.1, -0.05) is 126 Å². The second-order valence-electron chi connectivity index (χ2n) is 9.60. The minimum Gasteiger partial charge on any atom is -0.487 e. The van der Waals surface area contributed by atoms with Gasteiger partial charge in [-0.3, -0.25) is 0 Å². The quantitative estimate of drug-likeness (QED) is 0.154. The first-order valence-corrected chi connectivity index (χ1v) is 14.1. The topological polar surface area (TPSA) is 30.5 Å². The van der Waals surface area contributed by atoms with Gasteiger partial charge in [-0.25, -0.2) is 0 Å². The van der Waals surface area contributed by atoms with Crippen molar-refractivity contribution in [2.75, 3.05) is 6.54 Å². The molecule has 0 saturated heterocycles. The van der Waals surface area contributed by atoms with E-state index in [-0.39, 0.29) is 18.3 Å². The zero-order chi connectivity index (χ0) is 27.6. The molecule has 0 amide bonds. The molecule has 0 aromatic heterocycles. The Bertz CT molecular complexity index is 1410. The van der Waals surface area contributed by atoms with Crippen molar-refractivity contribution in [1.82, 2.24) is 5.32 Å². The van der Waals surface area contributed by atoms with Crippen LogP contribution in [0.2, 0.25) is 10.0 Å². The van der Waals surface area contributed by atoms with E-state index in [9.17, 15) is 0 Å². The average Bonchev–Trinajstić information content (AvgIpc) is 3.00. The van der Waals surface area contributed by atoms with Crippen molar-refractivity contribution in [3.63, 3.8) is 0 Å². The van der Waals surface area contributed by atoms with Crippen LogP contribution in [0, 0.1) is 0 Å². The summed E-state index contributed by atoms with van der Waals surface area (Å²) < 4.78 is 12.0. The molecule has 41 heavy (non-hydrogen) atoms. The molecule has 5 rings (SSSR count). The molecule has 0 radical (unpaired) electrons. The van der Waals surface area contributed by atoms with Gasteiger partial charge in [0.2, 0.25) is 0 Å². The summed E-state index contributed by atoms with van der Waals surface area (Å²) in [6, 6.07) is 42.5. The van der Waals surface area contributed by atoms with Crippen molar-refractivity contribution < 1.29 is 9.47 Å². The van der Waals surface area contributed by atoms with Crippen molar-refractivity contribution in [3.8, 4) is 11.5 Å². The average molecular weight is 605 g/mol. The van der Waals surface area contributed by atoms with E-state index in [1.165, 1.54) is 5.56 Å². The van der Waals surface area contributed by atoms with E-state index in [0.717, 1.165) is 28.8 Å². The highest BCUT2D eigenvalue weighted by atomic mass is 35.5. The van der Waals surface area contributed by atoms with Gasteiger partial charge in [0, 0.05) is 19.0 Å². The molecule has 0 saturated carbocycles. The fourth-order valence-electron chi connectivity index (χ4n) is 4.56. The molecule has 0 bridgehead atoms. The molecule has 5 aromatic rings. The molecular weight excluding hydrogens is 573 g/mol. The van der Waals surface area contributed by atoms with Gasteiger partial charge in [-0.05, 0) is 52.1 Å². The minimum absolute atomic E-state index is 0. The molecule has 0 aliphatic heterocycles. The number of ether oxygens (including phenoxy) is 2. The second kappa shape index (κ2) is 15.5. The molecule has 1 N–H and O–H groups in total. The Morgan fingerprint density at radius 1 is 0.537 bits per heavy atom. The maximum absolute atomic E-state index is 6.72. The molecule has 0 fully saturated rings. The van der Waals surface area contributed by atoms with Crippen LogP contribution in [-0.2, 0) is 19.8 Å². The van der Waals surface area contributed by atoms with Crippen LogP contribution in [0.1, 0.15) is 33.7 Å². The largest absolute Gasteiger partial charge is 0.487 e. The van der Waals surface area contributed by atoms with E-state index >= 15 is 0 Å². The van der Waals surface area contributed by atoms with Crippen molar-refractivity contribution in [2.45, 2.75) is 25.7 Å². The van der Waals surface area contributed by atoms with Gasteiger partial charge in [0.1, 0.15) is 24.7 Å². The summed E-state index contributed by atoms with van der Waals surface area (Å²) >= 11 is 13.4. The molecule has 0 aliphatic carbocycles. The predicted molar refractivity (Wildman–Crippen MR) is 172 cm³/mol. The monoisotopic (exact) mass is 603 g/mol. The normalized spacial score (nSPS) is 10.7. The highest BCUT2D eigenvalue weighted by molar-refractivity contribution is 6.32. The lowest BCUT2D eigenvalue weighted by atomic mass is 9.91. The number of benzene rings is 5. The van der Waals surface area contributed by atoms with Crippen LogP contribution >= 0.6 is 35.6 Å². The van der Waals surface area contributed by atoms with Gasteiger partial charge in [0.25, 0.3) is 0 Å². The fraction of sp³-hybridized carbons (Fsp3) is 0.143. The second-order valence-corrected chi connectivity index (χ2v) is 10.4. The van der Waals surface area contributed by atoms with Crippen LogP contribution < -0.4 is 14.8 Å². The molecule has 0 unspecified atom stereocenters. The smallest absolute Gasteiger partial charge is 0.138 e. The Labute approximate surface area is 258 Å². The molecule has 0 aliphatic rings. The predicted octanol–water partition coefficient (Wildman–Crippen LogP) is 9.49. The molecular formula is C35H32Cl3NO2. The molecule has 6 heteroatoms. The van der Waals surface area contributed by atoms with Crippen LogP contribution in [0.15, 0.2) is 127 Å². The molecule has 0 heterocycles. The Balaban J connectivity index is 0.00000387. The van der Waals surface area contributed by atoms with Crippen LogP contribution in [0.5, 0.6) is 11.5 Å². The first-order chi connectivity index (χ1) is 19.7. The van der Waals surface area contributed by atoms with E-state index in [0.29, 0.717) is 41.3 Å². The van der Waals surface area contributed by atoms with Crippen molar-refractivity contribution >= 4 is 35.6 Å². The number of hydrogen-bond acceptors (Lipinski definition) is 3. The first kappa shape index (κ1) is 30.5. The molecule has 0 spiro atoms. The van der Waals surface area contributed by atoms with Crippen molar-refractivity contribution in [2.24, 2.45) is 0 Å². The zero-order valence-corrected chi connectivity index (χ0v) is 24.8. The lowest BCUT2D eigenvalue weighted by Crippen LogP contribution is -2.22. The Morgan fingerprint density at radius 3 is 1.37 bits per heavy atom. The summed E-state index contributed by atoms with van der Waals surface area (Å²) in [5, 5.41) is 4.77. The third kappa shape index (κ3) is 8.76. The summed E-state index contributed by atoms with van der Waals surface area (Å²) in [6.45, 7) is 2.38. The summed E-state index contributed by atoms with van der Waals surface area (Å²) in [6.07, 6.45) is 0. The van der Waals surface area contributed by atoms with Gasteiger partial charge in [0.15, 0.2) is 0 Å². The van der Waals surface area contributed by atoms with E-state index in [4.69, 9.17) is 32.7 Å². The Hall–Kier alpha value is -3.47. The van der Waals surface area contributed by atoms with Gasteiger partial charge in [0.05, 0.1) is 10.0 Å². The van der Waals surface area contributed by atoms with E-state index in [1.54, 1.807) is 0 Å². The number of nitrogens with one attached hydrogen (secondary N) is 1. The van der Waals surface area contributed by atoms with E-state index < -0.39 is 0 Å². The van der Waals surface area contributed by atoms with Gasteiger partial charge >= 0.3 is 0 Å². The molecule has 3 nitrogen and oxygen atoms in total. The standard InChI is InChI=1S/C35H31Cl2NO2.ClH/c36-32-20-29(16-18-34(32)39-24-27-12-6-2-7-13-27)31(23-38-22-26-10-4-1-5-11-26)30-17-19-35(33(37)21-30)40-25-28-14-8-3-9-15-28;/h1-21,31,38H,22-25H2;1H. The lowest BCUT2D eigenvalue weighted by molar-refractivity contribution is 0.306. The zero-order valence-electron chi connectivity index (χ0n) is 22.5. The highest BCUT2D eigenvalue weighted by Crippen LogP contribution is 2.35. The minimum atomic E-state index is 0. The van der Waals surface area contributed by atoms with Gasteiger partial charge in [-0.15, -0.1) is 12.4 Å². The highest BCUT2D eigenvalue weighted by Gasteiger charge is 2.18. The third-order valence-electron chi connectivity index (χ3n) is 6.71. The van der Waals surface area contributed by atoms with Crippen LogP contribution in [0.3, 0.4) is 0 Å². The van der Waals surface area contributed by atoms with Gasteiger partial charge < -0.3 is 14.8 Å². The summed E-state index contributed by atoms with van der Waals surface area (Å²) in [5.41, 5.74) is 5.56. The van der Waals surface area contributed by atoms with Crippen molar-refractivity contribution in [1.29, 1.82) is 0 Å². The molecule has 210 valence electrons. The van der Waals surface area contributed by atoms with Gasteiger partial charge in [-0.2, -0.15) is 0 Å². The lowest BCUT2D eigenvalue weighted by Gasteiger charge is -2.21. The van der Waals surface area contributed by atoms with E-state index in [2.05, 4.69) is 41.7 Å². The molecule has 0 atom stereocenters. The fourth-order valence-corrected chi connectivity index (χ4v) is 5.04. The van der Waals surface area contributed by atoms with Crippen LogP contribution in [0.25, 0.3) is 0 Å². The van der Waals surface area contributed by atoms with Crippen LogP contribution in [-0.4, -0.2) is 6.54 Å². The number of rotatable bonds is 12. The summed E-state index contributed by atoms with van der Waals surface area (Å²) in [7, 11) is 0. The van der Waals surface area contributed by atoms with Crippen molar-refractivity contribution in [3.05, 3.63) is 165 Å². The first-order valence-electron chi connectivity index (χ1n) is 13.3. The maximum Gasteiger partial charge on any atom is 0.138 e. The summed E-state index contributed by atoms with van der Waals surface area (Å²) in [4.78, 5) is 0. The van der Waals surface area contributed by atoms with Crippen LogP contribution in [0.4, 0.5) is 0 Å². The molecule has 5 aromatic carbocycles. The number of hydrogen-bond donors (Lipinski definition) is 1. The summed E-state index contributed by atoms with van der Waals surface area (Å²) in [5.74, 6) is 1.34. The maximum atomic E-state index is 6.72. The number of halogens is 3. The SMILES string of the molecule is Cl.Clc1cc(C(CNCc2ccccc2)c2ccc(OCc3ccccc3)c(Cl)c2)ccc1OCc1ccccc1.